The highest BCUT2D eigenvalue weighted by molar-refractivity contribution is 7.99. The second-order valence-electron chi connectivity index (χ2n) is 3.79. The van der Waals surface area contributed by atoms with Crippen LogP contribution < -0.4 is 5.32 Å². The summed E-state index contributed by atoms with van der Waals surface area (Å²) >= 11 is 3.85. The molecule has 1 aromatic carbocycles. The Morgan fingerprint density at radius 3 is 2.73 bits per heavy atom. The molecule has 0 aliphatic carbocycles. The van der Waals surface area contributed by atoms with Crippen LogP contribution in [0.5, 0.6) is 0 Å². The number of benzene rings is 1. The largest absolute Gasteiger partial charge is 0.381 e. The van der Waals surface area contributed by atoms with Crippen molar-refractivity contribution in [3.8, 4) is 0 Å². The topological polar surface area (TPSA) is 12.0 Å². The number of anilines is 1. The molecule has 1 aromatic rings. The Kier molecular flexibility index (Phi) is 4.27. The van der Waals surface area contributed by atoms with E-state index in [1.807, 2.05) is 0 Å². The van der Waals surface area contributed by atoms with Crippen molar-refractivity contribution in [1.29, 1.82) is 0 Å². The van der Waals surface area contributed by atoms with Gasteiger partial charge in [0.05, 0.1) is 0 Å². The molecule has 82 valence electrons. The summed E-state index contributed by atoms with van der Waals surface area (Å²) in [6, 6.07) is 9.41. The summed E-state index contributed by atoms with van der Waals surface area (Å²) in [6.45, 7) is 0. The van der Waals surface area contributed by atoms with Crippen LogP contribution in [0.3, 0.4) is 0 Å². The third kappa shape index (κ3) is 3.35. The highest BCUT2D eigenvalue weighted by Crippen LogP contribution is 2.22. The first kappa shape index (κ1) is 11.2. The Balaban J connectivity index is 1.91. The number of hydrogen-bond donors (Lipinski definition) is 1. The molecule has 0 bridgehead atoms. The van der Waals surface area contributed by atoms with Gasteiger partial charge in [0, 0.05) is 22.4 Å². The Morgan fingerprint density at radius 1 is 1.33 bits per heavy atom. The molecule has 1 aliphatic heterocycles. The van der Waals surface area contributed by atoms with Crippen molar-refractivity contribution in [3.63, 3.8) is 0 Å². The Hall–Kier alpha value is -0.280. The van der Waals surface area contributed by atoms with Gasteiger partial charge in [0.1, 0.15) is 0 Å². The zero-order valence-electron chi connectivity index (χ0n) is 9.03. The molecular formula is C12H17NS2. The van der Waals surface area contributed by atoms with Crippen molar-refractivity contribution in [1.82, 2.24) is 0 Å². The predicted molar refractivity (Wildman–Crippen MR) is 72.2 cm³/mol. The molecule has 0 aromatic heterocycles. The summed E-state index contributed by atoms with van der Waals surface area (Å²) in [6.07, 6.45) is 4.78. The van der Waals surface area contributed by atoms with Crippen LogP contribution in [0.4, 0.5) is 5.69 Å². The van der Waals surface area contributed by atoms with E-state index >= 15 is 0 Å². The summed E-state index contributed by atoms with van der Waals surface area (Å²) in [4.78, 5) is 1.33. The Labute approximate surface area is 100 Å². The molecule has 0 saturated carbocycles. The summed E-state index contributed by atoms with van der Waals surface area (Å²) in [5.74, 6) is 2.59. The fraction of sp³-hybridized carbons (Fsp3) is 0.500. The van der Waals surface area contributed by atoms with E-state index in [-0.39, 0.29) is 0 Å². The molecule has 15 heavy (non-hydrogen) atoms. The summed E-state index contributed by atoms with van der Waals surface area (Å²) in [5.41, 5.74) is 1.26. The lowest BCUT2D eigenvalue weighted by Gasteiger charge is -2.23. The third-order valence-electron chi connectivity index (χ3n) is 2.62. The van der Waals surface area contributed by atoms with Crippen LogP contribution in [0.25, 0.3) is 0 Å². The maximum Gasteiger partial charge on any atom is 0.0352 e. The smallest absolute Gasteiger partial charge is 0.0352 e. The predicted octanol–water partition coefficient (Wildman–Crippen LogP) is 3.72. The minimum absolute atomic E-state index is 0.670. The van der Waals surface area contributed by atoms with Gasteiger partial charge in [0.2, 0.25) is 0 Å². The summed E-state index contributed by atoms with van der Waals surface area (Å²) in [5, 5.41) is 3.60. The normalized spacial score (nSPS) is 21.3. The Bertz CT molecular complexity index is 291. The van der Waals surface area contributed by atoms with Gasteiger partial charge >= 0.3 is 0 Å². The zero-order chi connectivity index (χ0) is 10.5. The van der Waals surface area contributed by atoms with Gasteiger partial charge in [0.25, 0.3) is 0 Å². The van der Waals surface area contributed by atoms with Crippen LogP contribution >= 0.6 is 23.5 Å². The molecule has 1 aliphatic rings. The van der Waals surface area contributed by atoms with Gasteiger partial charge in [0.15, 0.2) is 0 Å². The van der Waals surface area contributed by atoms with Gasteiger partial charge in [-0.05, 0) is 49.1 Å². The molecule has 0 amide bonds. The maximum absolute atomic E-state index is 3.60. The van der Waals surface area contributed by atoms with Gasteiger partial charge in [-0.25, -0.2) is 0 Å². The molecule has 0 spiro atoms. The molecule has 1 nitrogen and oxygen atoms in total. The fourth-order valence-electron chi connectivity index (χ4n) is 1.78. The summed E-state index contributed by atoms with van der Waals surface area (Å²) < 4.78 is 0. The van der Waals surface area contributed by atoms with Crippen LogP contribution in [-0.4, -0.2) is 23.8 Å². The number of nitrogens with one attached hydrogen (secondary N) is 1. The number of rotatable bonds is 3. The zero-order valence-corrected chi connectivity index (χ0v) is 10.7. The van der Waals surface area contributed by atoms with Gasteiger partial charge in [-0.3, -0.25) is 0 Å². The van der Waals surface area contributed by atoms with E-state index in [4.69, 9.17) is 0 Å². The Morgan fingerprint density at radius 2 is 2.13 bits per heavy atom. The molecule has 0 radical (unpaired) electrons. The first-order chi connectivity index (χ1) is 7.38. The standard InChI is InChI=1S/C12H17NS2/c1-14-12-6-4-10(5-7-12)13-11-3-2-8-15-9-11/h4-7,11,13H,2-3,8-9H2,1H3/t11-/m1/s1. The van der Waals surface area contributed by atoms with Crippen molar-refractivity contribution in [2.24, 2.45) is 0 Å². The van der Waals surface area contributed by atoms with Gasteiger partial charge in [-0.2, -0.15) is 11.8 Å². The van der Waals surface area contributed by atoms with Gasteiger partial charge < -0.3 is 5.32 Å². The average molecular weight is 239 g/mol. The van der Waals surface area contributed by atoms with Gasteiger partial charge in [-0.1, -0.05) is 0 Å². The third-order valence-corrected chi connectivity index (χ3v) is 4.58. The van der Waals surface area contributed by atoms with Crippen LogP contribution in [0.2, 0.25) is 0 Å². The maximum atomic E-state index is 3.60. The first-order valence-corrected chi connectivity index (χ1v) is 7.75. The first-order valence-electron chi connectivity index (χ1n) is 5.37. The van der Waals surface area contributed by atoms with E-state index in [2.05, 4.69) is 47.6 Å². The monoisotopic (exact) mass is 239 g/mol. The van der Waals surface area contributed by atoms with E-state index in [1.54, 1.807) is 11.8 Å². The van der Waals surface area contributed by atoms with Crippen molar-refractivity contribution < 1.29 is 0 Å². The molecular weight excluding hydrogens is 222 g/mol. The van der Waals surface area contributed by atoms with E-state index in [0.717, 1.165) is 0 Å². The second-order valence-corrected chi connectivity index (χ2v) is 5.82. The SMILES string of the molecule is CSc1ccc(N[C@@H]2CCCSC2)cc1. The van der Waals surface area contributed by atoms with Crippen molar-refractivity contribution in [3.05, 3.63) is 24.3 Å². The van der Waals surface area contributed by atoms with Crippen molar-refractivity contribution in [2.45, 2.75) is 23.8 Å². The van der Waals surface area contributed by atoms with Crippen LogP contribution in [-0.2, 0) is 0 Å². The molecule has 1 N–H and O–H groups in total. The molecule has 1 atom stereocenters. The number of thioether (sulfide) groups is 2. The van der Waals surface area contributed by atoms with Crippen molar-refractivity contribution in [2.75, 3.05) is 23.1 Å². The van der Waals surface area contributed by atoms with E-state index in [9.17, 15) is 0 Å². The fourth-order valence-corrected chi connectivity index (χ4v) is 3.26. The van der Waals surface area contributed by atoms with E-state index < -0.39 is 0 Å². The lowest BCUT2D eigenvalue weighted by molar-refractivity contribution is 0.685. The molecule has 1 fully saturated rings. The molecule has 2 rings (SSSR count). The quantitative estimate of drug-likeness (QED) is 0.808. The average Bonchev–Trinajstić information content (AvgIpc) is 2.31. The molecule has 3 heteroatoms. The van der Waals surface area contributed by atoms with Crippen molar-refractivity contribution >= 4 is 29.2 Å². The van der Waals surface area contributed by atoms with Crippen LogP contribution in [0.15, 0.2) is 29.2 Å². The minimum atomic E-state index is 0.670. The molecule has 1 saturated heterocycles. The second kappa shape index (κ2) is 5.71. The van der Waals surface area contributed by atoms with Crippen LogP contribution in [0.1, 0.15) is 12.8 Å². The lowest BCUT2D eigenvalue weighted by Crippen LogP contribution is -2.25. The molecule has 0 unspecified atom stereocenters. The minimum Gasteiger partial charge on any atom is -0.381 e. The van der Waals surface area contributed by atoms with Crippen LogP contribution in [0, 0.1) is 0 Å². The van der Waals surface area contributed by atoms with E-state index in [1.165, 1.54) is 34.9 Å². The summed E-state index contributed by atoms with van der Waals surface area (Å²) in [7, 11) is 0. The lowest BCUT2D eigenvalue weighted by atomic mass is 10.2. The molecule has 1 heterocycles. The highest BCUT2D eigenvalue weighted by Gasteiger charge is 2.12. The van der Waals surface area contributed by atoms with Gasteiger partial charge in [-0.15, -0.1) is 11.8 Å². The number of hydrogen-bond acceptors (Lipinski definition) is 3. The van der Waals surface area contributed by atoms with E-state index in [0.29, 0.717) is 6.04 Å². The highest BCUT2D eigenvalue weighted by atomic mass is 32.2.